The van der Waals surface area contributed by atoms with Gasteiger partial charge in [0.05, 0.1) is 0 Å². The predicted molar refractivity (Wildman–Crippen MR) is 116 cm³/mol. The molecule has 4 aliphatic rings. The Labute approximate surface area is 187 Å². The van der Waals surface area contributed by atoms with Crippen LogP contribution < -0.4 is 0 Å². The molecule has 0 unspecified atom stereocenters. The summed E-state index contributed by atoms with van der Waals surface area (Å²) in [5.41, 5.74) is 6.97. The van der Waals surface area contributed by atoms with Gasteiger partial charge < -0.3 is 4.98 Å². The van der Waals surface area contributed by atoms with E-state index in [2.05, 4.69) is 48.7 Å². The molecule has 2 fully saturated rings. The van der Waals surface area contributed by atoms with E-state index in [1.165, 1.54) is 74.1 Å². The summed E-state index contributed by atoms with van der Waals surface area (Å²) in [4.78, 5) is 4.84. The summed E-state index contributed by atoms with van der Waals surface area (Å²) in [6, 6.07) is 17.4. The SMILES string of the molecule is [Ir].[c-]1ccc(C2CCCCC2)cc1-c1cc2cc3c(cc2cn1)C1CCC3CC1. The fraction of sp³-hybridized carbons (Fsp3) is 0.444. The van der Waals surface area contributed by atoms with Crippen LogP contribution in [0.4, 0.5) is 0 Å². The van der Waals surface area contributed by atoms with Crippen molar-refractivity contribution in [3.8, 4) is 11.3 Å². The Kier molecular flexibility index (Phi) is 5.35. The number of pyridine rings is 1. The molecule has 0 amide bonds. The van der Waals surface area contributed by atoms with Crippen LogP contribution in [0.25, 0.3) is 22.0 Å². The van der Waals surface area contributed by atoms with Crippen molar-refractivity contribution >= 4 is 10.8 Å². The average molecular weight is 559 g/mol. The molecule has 2 saturated carbocycles. The van der Waals surface area contributed by atoms with Crippen molar-refractivity contribution in [3.63, 3.8) is 0 Å². The molecule has 1 nitrogen and oxygen atoms in total. The zero-order valence-corrected chi connectivity index (χ0v) is 19.3. The van der Waals surface area contributed by atoms with E-state index in [0.29, 0.717) is 0 Å². The van der Waals surface area contributed by atoms with Crippen molar-refractivity contribution in [1.82, 2.24) is 4.98 Å². The quantitative estimate of drug-likeness (QED) is 0.297. The van der Waals surface area contributed by atoms with Gasteiger partial charge in [-0.3, -0.25) is 0 Å². The van der Waals surface area contributed by atoms with E-state index in [1.54, 1.807) is 11.1 Å². The molecule has 0 aliphatic heterocycles. The summed E-state index contributed by atoms with van der Waals surface area (Å²) in [7, 11) is 0. The van der Waals surface area contributed by atoms with Gasteiger partial charge in [-0.05, 0) is 89.9 Å². The van der Waals surface area contributed by atoms with Gasteiger partial charge in [-0.2, -0.15) is 0 Å². The maximum atomic E-state index is 4.84. The predicted octanol–water partition coefficient (Wildman–Crippen LogP) is 7.50. The average Bonchev–Trinajstić information content (AvgIpc) is 2.79. The van der Waals surface area contributed by atoms with Crippen LogP contribution in [0.5, 0.6) is 0 Å². The molecule has 29 heavy (non-hydrogen) atoms. The third-order valence-corrected chi connectivity index (χ3v) is 7.71. The molecule has 1 radical (unpaired) electrons. The van der Waals surface area contributed by atoms with Crippen LogP contribution in [0, 0.1) is 6.07 Å². The largest absolute Gasteiger partial charge is 0.304 e. The number of rotatable bonds is 2. The molecule has 2 bridgehead atoms. The van der Waals surface area contributed by atoms with Crippen molar-refractivity contribution in [1.29, 1.82) is 0 Å². The molecule has 2 aromatic carbocycles. The minimum absolute atomic E-state index is 0. The van der Waals surface area contributed by atoms with Crippen molar-refractivity contribution in [2.45, 2.75) is 75.5 Å². The van der Waals surface area contributed by atoms with E-state index in [9.17, 15) is 0 Å². The molecule has 1 heterocycles. The van der Waals surface area contributed by atoms with Crippen molar-refractivity contribution < 1.29 is 20.1 Å². The van der Waals surface area contributed by atoms with E-state index in [1.807, 2.05) is 0 Å². The van der Waals surface area contributed by atoms with Crippen LogP contribution in [0.2, 0.25) is 0 Å². The number of hydrogen-bond donors (Lipinski definition) is 0. The molecule has 0 atom stereocenters. The fourth-order valence-corrected chi connectivity index (χ4v) is 6.12. The minimum atomic E-state index is 0. The number of benzene rings is 2. The first-order chi connectivity index (χ1) is 13.8. The van der Waals surface area contributed by atoms with E-state index in [0.717, 1.165) is 29.0 Å². The molecular formula is C27H28IrN-. The number of fused-ring (bicyclic) bond motifs is 3. The first-order valence-corrected chi connectivity index (χ1v) is 11.3. The Morgan fingerprint density at radius 2 is 1.41 bits per heavy atom. The Morgan fingerprint density at radius 3 is 2.14 bits per heavy atom. The van der Waals surface area contributed by atoms with Gasteiger partial charge in [-0.1, -0.05) is 31.4 Å². The number of hydrogen-bond acceptors (Lipinski definition) is 1. The first-order valence-electron chi connectivity index (χ1n) is 11.3. The molecule has 4 aliphatic carbocycles. The molecule has 151 valence electrons. The van der Waals surface area contributed by atoms with Crippen molar-refractivity contribution in [3.05, 3.63) is 65.4 Å². The summed E-state index contributed by atoms with van der Waals surface area (Å²) in [6.07, 6.45) is 14.5. The van der Waals surface area contributed by atoms with E-state index in [4.69, 9.17) is 4.98 Å². The second kappa shape index (κ2) is 7.97. The van der Waals surface area contributed by atoms with Gasteiger partial charge in [0.25, 0.3) is 0 Å². The van der Waals surface area contributed by atoms with E-state index >= 15 is 0 Å². The maximum absolute atomic E-state index is 4.84. The van der Waals surface area contributed by atoms with E-state index < -0.39 is 0 Å². The summed E-state index contributed by atoms with van der Waals surface area (Å²) in [6.45, 7) is 0. The van der Waals surface area contributed by atoms with Gasteiger partial charge in [0.2, 0.25) is 0 Å². The minimum Gasteiger partial charge on any atom is -0.304 e. The molecule has 3 aromatic rings. The zero-order chi connectivity index (χ0) is 18.5. The summed E-state index contributed by atoms with van der Waals surface area (Å²) < 4.78 is 0. The smallest absolute Gasteiger partial charge is 0.0239 e. The summed E-state index contributed by atoms with van der Waals surface area (Å²) >= 11 is 0. The van der Waals surface area contributed by atoms with Crippen molar-refractivity contribution in [2.75, 3.05) is 0 Å². The van der Waals surface area contributed by atoms with E-state index in [-0.39, 0.29) is 20.1 Å². The summed E-state index contributed by atoms with van der Waals surface area (Å²) in [5.74, 6) is 2.32. The van der Waals surface area contributed by atoms with Gasteiger partial charge in [0.1, 0.15) is 0 Å². The Hall–Kier alpha value is -1.50. The molecule has 0 N–H and O–H groups in total. The third kappa shape index (κ3) is 3.49. The second-order valence-electron chi connectivity index (χ2n) is 9.32. The molecule has 7 rings (SSSR count). The van der Waals surface area contributed by atoms with Crippen LogP contribution in [0.15, 0.2) is 42.6 Å². The van der Waals surface area contributed by atoms with Gasteiger partial charge in [0, 0.05) is 26.3 Å². The molecule has 1 aromatic heterocycles. The van der Waals surface area contributed by atoms with Crippen LogP contribution >= 0.6 is 0 Å². The Bertz CT molecular complexity index is 1030. The Balaban J connectivity index is 0.00000181. The topological polar surface area (TPSA) is 12.9 Å². The van der Waals surface area contributed by atoms with Crippen molar-refractivity contribution in [2.24, 2.45) is 0 Å². The molecular weight excluding hydrogens is 531 g/mol. The number of aromatic nitrogens is 1. The van der Waals surface area contributed by atoms with Crippen LogP contribution in [-0.2, 0) is 20.1 Å². The van der Waals surface area contributed by atoms with Crippen LogP contribution in [0.1, 0.15) is 92.2 Å². The van der Waals surface area contributed by atoms with Gasteiger partial charge >= 0.3 is 0 Å². The zero-order valence-electron chi connectivity index (χ0n) is 16.9. The number of nitrogens with zero attached hydrogens (tertiary/aromatic N) is 1. The third-order valence-electron chi connectivity index (χ3n) is 7.71. The normalized spacial score (nSPS) is 23.6. The Morgan fingerprint density at radius 1 is 0.724 bits per heavy atom. The molecule has 2 heteroatoms. The van der Waals surface area contributed by atoms with Gasteiger partial charge in [-0.15, -0.1) is 35.4 Å². The van der Waals surface area contributed by atoms with Crippen LogP contribution in [0.3, 0.4) is 0 Å². The second-order valence-corrected chi connectivity index (χ2v) is 9.32. The maximum Gasteiger partial charge on any atom is 0.0239 e. The standard InChI is InChI=1S/C27H28N.Ir/c1-2-5-18(6-3-1)21-7-4-8-22(13-21)27-16-23-14-25-19-9-11-20(12-10-19)26(25)15-24(23)17-28-27;/h4,7,13-20H,1-3,5-6,9-12H2;/q-1;. The van der Waals surface area contributed by atoms with Gasteiger partial charge in [0.15, 0.2) is 0 Å². The monoisotopic (exact) mass is 559 g/mol. The summed E-state index contributed by atoms with van der Waals surface area (Å²) in [5, 5.41) is 2.66. The molecule has 0 spiro atoms. The fourth-order valence-electron chi connectivity index (χ4n) is 6.12. The first kappa shape index (κ1) is 19.5. The molecule has 0 saturated heterocycles. The van der Waals surface area contributed by atoms with Crippen LogP contribution in [-0.4, -0.2) is 4.98 Å². The van der Waals surface area contributed by atoms with Gasteiger partial charge in [-0.25, -0.2) is 0 Å².